The number of carbonyl (C=O) groups excluding carboxylic acids is 5. The first-order valence-electron chi connectivity index (χ1n) is 11.1. The van der Waals surface area contributed by atoms with E-state index in [1.807, 2.05) is 0 Å². The van der Waals surface area contributed by atoms with Crippen molar-refractivity contribution < 1.29 is 39.1 Å². The highest BCUT2D eigenvalue weighted by molar-refractivity contribution is 6.36. The Hall–Kier alpha value is -5.91. The monoisotopic (exact) mass is 523 g/mol. The second-order valence-corrected chi connectivity index (χ2v) is 8.44. The molecule has 1 aliphatic heterocycles. The molecule has 0 fully saturated rings. The van der Waals surface area contributed by atoms with Gasteiger partial charge in [-0.05, 0) is 65.7 Å². The van der Waals surface area contributed by atoms with Crippen molar-refractivity contribution in [1.82, 2.24) is 0 Å². The molecular weight excluding hydrogens is 510 g/mol. The zero-order valence-corrected chi connectivity index (χ0v) is 19.5. The second-order valence-electron chi connectivity index (χ2n) is 8.44. The molecule has 0 bridgehead atoms. The van der Waals surface area contributed by atoms with Gasteiger partial charge in [0.25, 0.3) is 23.4 Å². The molecule has 0 spiro atoms. The van der Waals surface area contributed by atoms with E-state index in [0.717, 1.165) is 23.1 Å². The van der Waals surface area contributed by atoms with Gasteiger partial charge in [0.2, 0.25) is 0 Å². The van der Waals surface area contributed by atoms with Crippen molar-refractivity contribution in [1.29, 1.82) is 0 Å². The maximum atomic E-state index is 13.4. The number of anilines is 2. The average molecular weight is 523 g/mol. The minimum absolute atomic E-state index is 0.0255. The van der Waals surface area contributed by atoms with Gasteiger partial charge >= 0.3 is 0 Å². The van der Waals surface area contributed by atoms with Gasteiger partial charge < -0.3 is 25.1 Å². The van der Waals surface area contributed by atoms with Crippen molar-refractivity contribution in [3.05, 3.63) is 111 Å². The molecule has 12 nitrogen and oxygen atoms in total. The minimum Gasteiger partial charge on any atom is -0.545 e. The number of hydrogen-bond acceptors (Lipinski definition) is 9. The molecule has 0 saturated carbocycles. The fraction of sp³-hybridized carbons (Fsp3) is 0. The zero-order chi connectivity index (χ0) is 28.0. The van der Waals surface area contributed by atoms with Crippen LogP contribution in [0.15, 0.2) is 72.8 Å². The van der Waals surface area contributed by atoms with Gasteiger partial charge in [0.1, 0.15) is 0 Å². The smallest absolute Gasteiger partial charge is 0.277 e. The number of nitrogens with zero attached hydrogens (tertiary/aromatic N) is 2. The molecule has 1 heterocycles. The first-order valence-corrected chi connectivity index (χ1v) is 11.1. The van der Waals surface area contributed by atoms with Gasteiger partial charge in [-0.25, -0.2) is 4.90 Å². The Balaban J connectivity index is 1.51. The Morgan fingerprint density at radius 3 is 1.97 bits per heavy atom. The van der Waals surface area contributed by atoms with Crippen LogP contribution in [-0.4, -0.2) is 34.6 Å². The van der Waals surface area contributed by atoms with Crippen molar-refractivity contribution in [2.45, 2.75) is 0 Å². The van der Waals surface area contributed by atoms with Crippen LogP contribution < -0.4 is 20.4 Å². The number of nitrogens with one attached hydrogen (secondary N) is 1. The van der Waals surface area contributed by atoms with Gasteiger partial charge in [-0.3, -0.25) is 24.5 Å². The largest absolute Gasteiger partial charge is 0.545 e. The summed E-state index contributed by atoms with van der Waals surface area (Å²) in [6.07, 6.45) is 0. The third kappa shape index (κ3) is 4.21. The van der Waals surface area contributed by atoms with Crippen LogP contribution in [0.3, 0.4) is 0 Å². The number of benzene rings is 4. The summed E-state index contributed by atoms with van der Waals surface area (Å²) in [6, 6.07) is 15.0. The van der Waals surface area contributed by atoms with E-state index in [2.05, 4.69) is 5.32 Å². The van der Waals surface area contributed by atoms with Gasteiger partial charge in [-0.1, -0.05) is 12.1 Å². The summed E-state index contributed by atoms with van der Waals surface area (Å²) in [4.78, 5) is 73.9. The SMILES string of the molecule is O=C([O-])c1cc(NC(=O)c2cccc(N3C(=O)c4cccc5c([N+](=O)[O-])ccc(c45)C3=O)c2)cc(C(=O)[O-])c1. The molecule has 0 saturated heterocycles. The lowest BCUT2D eigenvalue weighted by atomic mass is 9.92. The Labute approximate surface area is 217 Å². The van der Waals surface area contributed by atoms with Gasteiger partial charge in [-0.15, -0.1) is 0 Å². The lowest BCUT2D eigenvalue weighted by molar-refractivity contribution is -0.383. The van der Waals surface area contributed by atoms with Crippen LogP contribution in [0.25, 0.3) is 10.8 Å². The molecule has 39 heavy (non-hydrogen) atoms. The van der Waals surface area contributed by atoms with Crippen LogP contribution in [0.5, 0.6) is 0 Å². The number of aromatic carboxylic acids is 2. The van der Waals surface area contributed by atoms with Gasteiger partial charge in [0.15, 0.2) is 0 Å². The highest BCUT2D eigenvalue weighted by Crippen LogP contribution is 2.37. The average Bonchev–Trinajstić information content (AvgIpc) is 2.91. The number of carboxylic acids is 2. The molecule has 4 aromatic rings. The number of carboxylic acid groups (broad SMARTS) is 2. The number of hydrogen-bond donors (Lipinski definition) is 1. The topological polar surface area (TPSA) is 190 Å². The molecular formula is C27H13N3O9-2. The van der Waals surface area contributed by atoms with Crippen LogP contribution in [0, 0.1) is 10.1 Å². The van der Waals surface area contributed by atoms with Gasteiger partial charge in [0.05, 0.1) is 27.9 Å². The number of nitro groups is 1. The molecule has 3 amide bonds. The fourth-order valence-corrected chi connectivity index (χ4v) is 4.40. The summed E-state index contributed by atoms with van der Waals surface area (Å²) in [5.41, 5.74) is -1.32. The van der Waals surface area contributed by atoms with E-state index in [1.54, 1.807) is 0 Å². The summed E-state index contributed by atoms with van der Waals surface area (Å²) in [5.74, 6) is -5.64. The maximum Gasteiger partial charge on any atom is 0.277 e. The normalized spacial score (nSPS) is 12.4. The zero-order valence-electron chi connectivity index (χ0n) is 19.5. The summed E-state index contributed by atoms with van der Waals surface area (Å²) >= 11 is 0. The third-order valence-electron chi connectivity index (χ3n) is 6.11. The van der Waals surface area contributed by atoms with Crippen molar-refractivity contribution in [3.8, 4) is 0 Å². The molecule has 0 atom stereocenters. The number of imide groups is 1. The third-order valence-corrected chi connectivity index (χ3v) is 6.11. The first-order chi connectivity index (χ1) is 18.6. The van der Waals surface area contributed by atoms with Crippen LogP contribution in [0.1, 0.15) is 51.8 Å². The highest BCUT2D eigenvalue weighted by atomic mass is 16.6. The number of nitro benzene ring substituents is 1. The molecule has 12 heteroatoms. The highest BCUT2D eigenvalue weighted by Gasteiger charge is 2.35. The Morgan fingerprint density at radius 1 is 0.744 bits per heavy atom. The molecule has 192 valence electrons. The standard InChI is InChI=1S/C27H15N3O9/c31-23(28-16-10-14(26(34)35)9-15(11-16)27(36)37)13-3-1-4-17(12-13)29-24(32)19-6-2-5-18-21(30(38)39)8-7-20(22(18)19)25(29)33/h1-12H,(H,28,31)(H,34,35)(H,36,37)/p-2. The molecule has 1 aliphatic rings. The predicted octanol–water partition coefficient (Wildman–Crippen LogP) is 1.53. The second kappa shape index (κ2) is 9.19. The van der Waals surface area contributed by atoms with Gasteiger partial charge in [0, 0.05) is 33.8 Å². The summed E-state index contributed by atoms with van der Waals surface area (Å²) in [5, 5.41) is 36.6. The van der Waals surface area contributed by atoms with E-state index in [4.69, 9.17) is 0 Å². The lowest BCUT2D eigenvalue weighted by Gasteiger charge is -2.27. The van der Waals surface area contributed by atoms with E-state index in [9.17, 15) is 44.3 Å². The molecule has 5 rings (SSSR count). The van der Waals surface area contributed by atoms with Crippen molar-refractivity contribution in [2.75, 3.05) is 10.2 Å². The Bertz CT molecular complexity index is 1740. The first kappa shape index (κ1) is 24.8. The van der Waals surface area contributed by atoms with Crippen molar-refractivity contribution >= 4 is 57.5 Å². The van der Waals surface area contributed by atoms with Crippen molar-refractivity contribution in [3.63, 3.8) is 0 Å². The van der Waals surface area contributed by atoms with E-state index in [-0.39, 0.29) is 44.5 Å². The van der Waals surface area contributed by atoms with Crippen LogP contribution in [0.4, 0.5) is 17.1 Å². The molecule has 0 aromatic heterocycles. The number of non-ortho nitro benzene ring substituents is 1. The predicted molar refractivity (Wildman–Crippen MR) is 131 cm³/mol. The van der Waals surface area contributed by atoms with E-state index < -0.39 is 45.7 Å². The fourth-order valence-electron chi connectivity index (χ4n) is 4.40. The van der Waals surface area contributed by atoms with Crippen molar-refractivity contribution in [2.24, 2.45) is 0 Å². The van der Waals surface area contributed by atoms with Crippen LogP contribution >= 0.6 is 0 Å². The van der Waals surface area contributed by atoms with Crippen LogP contribution in [-0.2, 0) is 0 Å². The number of carbonyl (C=O) groups is 5. The number of amides is 3. The summed E-state index contributed by atoms with van der Waals surface area (Å²) < 4.78 is 0. The molecule has 4 aromatic carbocycles. The van der Waals surface area contributed by atoms with E-state index in [1.165, 1.54) is 54.6 Å². The summed E-state index contributed by atoms with van der Waals surface area (Å²) in [7, 11) is 0. The van der Waals surface area contributed by atoms with Crippen LogP contribution in [0.2, 0.25) is 0 Å². The van der Waals surface area contributed by atoms with E-state index in [0.29, 0.717) is 0 Å². The quantitative estimate of drug-likeness (QED) is 0.222. The van der Waals surface area contributed by atoms with E-state index >= 15 is 0 Å². The lowest BCUT2D eigenvalue weighted by Crippen LogP contribution is -2.40. The Kier molecular flexibility index (Phi) is 5.84. The minimum atomic E-state index is -1.67. The maximum absolute atomic E-state index is 13.4. The summed E-state index contributed by atoms with van der Waals surface area (Å²) in [6.45, 7) is 0. The molecule has 0 unspecified atom stereocenters. The molecule has 1 N–H and O–H groups in total. The Morgan fingerprint density at radius 2 is 1.36 bits per heavy atom. The van der Waals surface area contributed by atoms with Gasteiger partial charge in [-0.2, -0.15) is 0 Å². The molecule has 0 radical (unpaired) electrons. The molecule has 0 aliphatic carbocycles. The number of rotatable bonds is 6.